The molecule has 7 heteroatoms. The number of rotatable bonds is 5. The Bertz CT molecular complexity index is 935. The lowest BCUT2D eigenvalue weighted by Gasteiger charge is -2.36. The predicted molar refractivity (Wildman–Crippen MR) is 105 cm³/mol. The molecular formula is C21H20ClN3O3. The van der Waals surface area contributed by atoms with Gasteiger partial charge in [0, 0.05) is 23.8 Å². The van der Waals surface area contributed by atoms with Gasteiger partial charge in [-0.25, -0.2) is 0 Å². The van der Waals surface area contributed by atoms with Crippen molar-refractivity contribution >= 4 is 17.5 Å². The van der Waals surface area contributed by atoms with Crippen LogP contribution >= 0.6 is 11.6 Å². The van der Waals surface area contributed by atoms with E-state index in [0.717, 1.165) is 11.1 Å². The SMILES string of the molecule is O=C(NCc1nc(-c2ccc(Cl)cc2)no1)C1(c2ccccc2)CCOCC1. The summed E-state index contributed by atoms with van der Waals surface area (Å²) in [6, 6.07) is 17.0. The molecule has 1 saturated heterocycles. The maximum Gasteiger partial charge on any atom is 0.246 e. The van der Waals surface area contributed by atoms with E-state index in [1.807, 2.05) is 42.5 Å². The summed E-state index contributed by atoms with van der Waals surface area (Å²) in [6.45, 7) is 1.29. The number of amides is 1. The van der Waals surface area contributed by atoms with Gasteiger partial charge in [0.05, 0.1) is 12.0 Å². The van der Waals surface area contributed by atoms with Crippen LogP contribution in [0.25, 0.3) is 11.4 Å². The highest BCUT2D eigenvalue weighted by atomic mass is 35.5. The zero-order valence-electron chi connectivity index (χ0n) is 15.2. The van der Waals surface area contributed by atoms with Gasteiger partial charge in [0.2, 0.25) is 17.6 Å². The molecule has 1 aliphatic rings. The molecule has 1 amide bonds. The third-order valence-corrected chi connectivity index (χ3v) is 5.33. The first-order valence-corrected chi connectivity index (χ1v) is 9.55. The van der Waals surface area contributed by atoms with Gasteiger partial charge in [0.25, 0.3) is 0 Å². The summed E-state index contributed by atoms with van der Waals surface area (Å²) in [6.07, 6.45) is 1.28. The fourth-order valence-electron chi connectivity index (χ4n) is 3.49. The summed E-state index contributed by atoms with van der Waals surface area (Å²) in [5, 5.41) is 7.59. The van der Waals surface area contributed by atoms with Crippen LogP contribution < -0.4 is 5.32 Å². The molecule has 2 aromatic carbocycles. The number of carbonyl (C=O) groups excluding carboxylic acids is 1. The molecule has 2 heterocycles. The normalized spacial score (nSPS) is 15.9. The first-order chi connectivity index (χ1) is 13.7. The molecule has 4 rings (SSSR count). The number of hydrogen-bond donors (Lipinski definition) is 1. The van der Waals surface area contributed by atoms with Crippen molar-refractivity contribution in [3.05, 3.63) is 71.1 Å². The van der Waals surface area contributed by atoms with Crippen molar-refractivity contribution in [3.8, 4) is 11.4 Å². The van der Waals surface area contributed by atoms with E-state index in [-0.39, 0.29) is 12.5 Å². The number of hydrogen-bond acceptors (Lipinski definition) is 5. The largest absolute Gasteiger partial charge is 0.381 e. The smallest absolute Gasteiger partial charge is 0.246 e. The Kier molecular flexibility index (Phi) is 5.41. The van der Waals surface area contributed by atoms with E-state index in [1.54, 1.807) is 12.1 Å². The van der Waals surface area contributed by atoms with Crippen LogP contribution in [-0.2, 0) is 21.5 Å². The number of nitrogens with zero attached hydrogens (tertiary/aromatic N) is 2. The highest BCUT2D eigenvalue weighted by Gasteiger charge is 2.41. The quantitative estimate of drug-likeness (QED) is 0.709. The van der Waals surface area contributed by atoms with E-state index in [4.69, 9.17) is 20.9 Å². The van der Waals surface area contributed by atoms with E-state index in [1.165, 1.54) is 0 Å². The van der Waals surface area contributed by atoms with Crippen molar-refractivity contribution in [2.75, 3.05) is 13.2 Å². The van der Waals surface area contributed by atoms with Gasteiger partial charge in [-0.2, -0.15) is 4.98 Å². The topological polar surface area (TPSA) is 77.3 Å². The van der Waals surface area contributed by atoms with Gasteiger partial charge in [-0.05, 0) is 42.7 Å². The van der Waals surface area contributed by atoms with Gasteiger partial charge in [-0.1, -0.05) is 47.1 Å². The monoisotopic (exact) mass is 397 g/mol. The standard InChI is InChI=1S/C21H20ClN3O3/c22-17-8-6-15(7-9-17)19-24-18(28-25-19)14-23-20(26)21(10-12-27-13-11-21)16-4-2-1-3-5-16/h1-9H,10-14H2,(H,23,26). The number of carbonyl (C=O) groups is 1. The highest BCUT2D eigenvalue weighted by Crippen LogP contribution is 2.35. The average Bonchev–Trinajstić information content (AvgIpc) is 3.22. The minimum Gasteiger partial charge on any atom is -0.381 e. The Balaban J connectivity index is 1.48. The summed E-state index contributed by atoms with van der Waals surface area (Å²) < 4.78 is 10.8. The molecule has 1 aliphatic heterocycles. The molecule has 28 heavy (non-hydrogen) atoms. The molecular weight excluding hydrogens is 378 g/mol. The molecule has 0 bridgehead atoms. The molecule has 144 valence electrons. The predicted octanol–water partition coefficient (Wildman–Crippen LogP) is 3.75. The Hall–Kier alpha value is -2.70. The van der Waals surface area contributed by atoms with Gasteiger partial charge in [0.15, 0.2) is 0 Å². The van der Waals surface area contributed by atoms with E-state index in [2.05, 4.69) is 15.5 Å². The summed E-state index contributed by atoms with van der Waals surface area (Å²) in [4.78, 5) is 17.5. The lowest BCUT2D eigenvalue weighted by Crippen LogP contribution is -2.47. The second kappa shape index (κ2) is 8.12. The van der Waals surface area contributed by atoms with Crippen molar-refractivity contribution in [2.24, 2.45) is 0 Å². The summed E-state index contributed by atoms with van der Waals surface area (Å²) in [5.74, 6) is 0.770. The zero-order chi connectivity index (χ0) is 19.4. The first kappa shape index (κ1) is 18.7. The van der Waals surface area contributed by atoms with E-state index in [9.17, 15) is 4.79 Å². The van der Waals surface area contributed by atoms with Crippen LogP contribution in [0.4, 0.5) is 0 Å². The summed E-state index contributed by atoms with van der Waals surface area (Å²) in [7, 11) is 0. The van der Waals surface area contributed by atoms with Crippen LogP contribution in [0.3, 0.4) is 0 Å². The maximum atomic E-state index is 13.1. The second-order valence-electron chi connectivity index (χ2n) is 6.76. The molecule has 0 unspecified atom stereocenters. The summed E-state index contributed by atoms with van der Waals surface area (Å²) in [5.41, 5.74) is 1.21. The fraction of sp³-hybridized carbons (Fsp3) is 0.286. The van der Waals surface area contributed by atoms with Crippen molar-refractivity contribution in [3.63, 3.8) is 0 Å². The van der Waals surface area contributed by atoms with E-state index >= 15 is 0 Å². The maximum absolute atomic E-state index is 13.1. The van der Waals surface area contributed by atoms with Crippen LogP contribution in [0.15, 0.2) is 59.1 Å². The zero-order valence-corrected chi connectivity index (χ0v) is 16.0. The molecule has 0 spiro atoms. The van der Waals surface area contributed by atoms with Gasteiger partial charge < -0.3 is 14.6 Å². The molecule has 1 N–H and O–H groups in total. The average molecular weight is 398 g/mol. The third-order valence-electron chi connectivity index (χ3n) is 5.08. The van der Waals surface area contributed by atoms with Crippen molar-refractivity contribution in [1.82, 2.24) is 15.5 Å². The van der Waals surface area contributed by atoms with Gasteiger partial charge in [-0.3, -0.25) is 4.79 Å². The lowest BCUT2D eigenvalue weighted by atomic mass is 9.73. The Morgan fingerprint density at radius 2 is 1.79 bits per heavy atom. The minimum atomic E-state index is -0.599. The van der Waals surface area contributed by atoms with Crippen LogP contribution in [0, 0.1) is 0 Å². The molecule has 0 atom stereocenters. The molecule has 0 aliphatic carbocycles. The van der Waals surface area contributed by atoms with Crippen LogP contribution in [-0.4, -0.2) is 29.3 Å². The molecule has 0 radical (unpaired) electrons. The van der Waals surface area contributed by atoms with Crippen molar-refractivity contribution in [2.45, 2.75) is 24.8 Å². The Labute approximate surface area is 167 Å². The molecule has 6 nitrogen and oxygen atoms in total. The summed E-state index contributed by atoms with van der Waals surface area (Å²) >= 11 is 5.91. The fourth-order valence-corrected chi connectivity index (χ4v) is 3.62. The lowest BCUT2D eigenvalue weighted by molar-refractivity contribution is -0.130. The number of aromatic nitrogens is 2. The minimum absolute atomic E-state index is 0.0479. The number of halogens is 1. The van der Waals surface area contributed by atoms with Crippen molar-refractivity contribution < 1.29 is 14.1 Å². The Morgan fingerprint density at radius 3 is 2.50 bits per heavy atom. The van der Waals surface area contributed by atoms with Gasteiger partial charge in [0.1, 0.15) is 0 Å². The van der Waals surface area contributed by atoms with Crippen LogP contribution in [0.2, 0.25) is 5.02 Å². The highest BCUT2D eigenvalue weighted by molar-refractivity contribution is 6.30. The second-order valence-corrected chi connectivity index (χ2v) is 7.20. The number of nitrogens with one attached hydrogen (secondary N) is 1. The molecule has 1 aromatic heterocycles. The van der Waals surface area contributed by atoms with Crippen molar-refractivity contribution in [1.29, 1.82) is 0 Å². The molecule has 0 saturated carbocycles. The van der Waals surface area contributed by atoms with E-state index < -0.39 is 5.41 Å². The van der Waals surface area contributed by atoms with Crippen LogP contribution in [0.5, 0.6) is 0 Å². The van der Waals surface area contributed by atoms with E-state index in [0.29, 0.717) is 42.8 Å². The van der Waals surface area contributed by atoms with Gasteiger partial charge >= 0.3 is 0 Å². The third kappa shape index (κ3) is 3.79. The molecule has 3 aromatic rings. The number of ether oxygens (including phenoxy) is 1. The van der Waals surface area contributed by atoms with Gasteiger partial charge in [-0.15, -0.1) is 0 Å². The Morgan fingerprint density at radius 1 is 1.07 bits per heavy atom. The number of benzene rings is 2. The first-order valence-electron chi connectivity index (χ1n) is 9.17. The molecule has 1 fully saturated rings. The van der Waals surface area contributed by atoms with Crippen LogP contribution in [0.1, 0.15) is 24.3 Å².